The highest BCUT2D eigenvalue weighted by Crippen LogP contribution is 2.40. The molecule has 3 rings (SSSR count). The van der Waals surface area contributed by atoms with Gasteiger partial charge in [0.25, 0.3) is 0 Å². The fourth-order valence-electron chi connectivity index (χ4n) is 4.21. The van der Waals surface area contributed by atoms with Crippen LogP contribution in [-0.2, 0) is 14.2 Å². The Balaban J connectivity index is 1.51. The SMILES string of the molecule is CC(COC1CCOC1)NC(=O)N1CC(C)(C)OC2(CCCC2)C1. The van der Waals surface area contributed by atoms with Gasteiger partial charge < -0.3 is 24.4 Å². The van der Waals surface area contributed by atoms with Crippen molar-refractivity contribution >= 4 is 6.03 Å². The number of hydrogen-bond acceptors (Lipinski definition) is 4. The summed E-state index contributed by atoms with van der Waals surface area (Å²) in [5.74, 6) is 0. The first kappa shape index (κ1) is 18.0. The van der Waals surface area contributed by atoms with Gasteiger partial charge in [-0.15, -0.1) is 0 Å². The highest BCUT2D eigenvalue weighted by Gasteiger charge is 2.47. The Morgan fingerprint density at radius 2 is 2.08 bits per heavy atom. The minimum atomic E-state index is -0.291. The Morgan fingerprint density at radius 3 is 2.75 bits per heavy atom. The van der Waals surface area contributed by atoms with E-state index in [2.05, 4.69) is 19.2 Å². The van der Waals surface area contributed by atoms with E-state index in [0.29, 0.717) is 26.3 Å². The van der Waals surface area contributed by atoms with Gasteiger partial charge in [0.2, 0.25) is 0 Å². The van der Waals surface area contributed by atoms with Crippen LogP contribution < -0.4 is 5.32 Å². The van der Waals surface area contributed by atoms with E-state index < -0.39 is 0 Å². The van der Waals surface area contributed by atoms with Crippen molar-refractivity contribution in [2.75, 3.05) is 32.9 Å². The smallest absolute Gasteiger partial charge is 0.317 e. The molecule has 2 heterocycles. The van der Waals surface area contributed by atoms with E-state index in [1.165, 1.54) is 12.8 Å². The van der Waals surface area contributed by atoms with E-state index in [-0.39, 0.29) is 29.4 Å². The number of hydrogen-bond donors (Lipinski definition) is 1. The number of nitrogens with one attached hydrogen (secondary N) is 1. The highest BCUT2D eigenvalue weighted by atomic mass is 16.5. The molecule has 0 radical (unpaired) electrons. The van der Waals surface area contributed by atoms with Crippen molar-refractivity contribution in [2.45, 2.75) is 76.2 Å². The summed E-state index contributed by atoms with van der Waals surface area (Å²) in [5, 5.41) is 3.08. The maximum absolute atomic E-state index is 12.7. The quantitative estimate of drug-likeness (QED) is 0.853. The second kappa shape index (κ2) is 7.18. The summed E-state index contributed by atoms with van der Waals surface area (Å²) in [5.41, 5.74) is -0.430. The third-order valence-corrected chi connectivity index (χ3v) is 5.19. The Bertz CT molecular complexity index is 442. The average molecular weight is 340 g/mol. The number of nitrogens with zero attached hydrogens (tertiary/aromatic N) is 1. The minimum Gasteiger partial charge on any atom is -0.379 e. The van der Waals surface area contributed by atoms with E-state index in [0.717, 1.165) is 25.9 Å². The molecule has 6 heteroatoms. The van der Waals surface area contributed by atoms with Gasteiger partial charge in [0.1, 0.15) is 0 Å². The molecule has 0 bridgehead atoms. The molecule has 2 aliphatic heterocycles. The first-order valence-electron chi connectivity index (χ1n) is 9.33. The third-order valence-electron chi connectivity index (χ3n) is 5.19. The van der Waals surface area contributed by atoms with E-state index >= 15 is 0 Å². The second-order valence-electron chi connectivity index (χ2n) is 8.28. The lowest BCUT2D eigenvalue weighted by molar-refractivity contribution is -0.184. The molecule has 1 saturated carbocycles. The van der Waals surface area contributed by atoms with Crippen LogP contribution in [0.5, 0.6) is 0 Å². The maximum Gasteiger partial charge on any atom is 0.317 e. The van der Waals surface area contributed by atoms with E-state index in [1.54, 1.807) is 0 Å². The normalized spacial score (nSPS) is 29.8. The zero-order valence-corrected chi connectivity index (χ0v) is 15.3. The first-order valence-corrected chi connectivity index (χ1v) is 9.33. The van der Waals surface area contributed by atoms with Gasteiger partial charge in [-0.25, -0.2) is 4.79 Å². The predicted octanol–water partition coefficient (Wildman–Crippen LogP) is 2.31. The van der Waals surface area contributed by atoms with E-state index in [4.69, 9.17) is 14.2 Å². The molecule has 2 amide bonds. The molecule has 24 heavy (non-hydrogen) atoms. The molecule has 1 spiro atoms. The second-order valence-corrected chi connectivity index (χ2v) is 8.28. The molecule has 138 valence electrons. The van der Waals surface area contributed by atoms with Crippen molar-refractivity contribution in [3.05, 3.63) is 0 Å². The standard InChI is InChI=1S/C18H32N2O4/c1-14(10-23-15-6-9-22-11-15)19-16(21)20-12-17(2,3)24-18(13-20)7-4-5-8-18/h14-15H,4-13H2,1-3H3,(H,19,21). The van der Waals surface area contributed by atoms with Crippen molar-refractivity contribution in [3.8, 4) is 0 Å². The molecular weight excluding hydrogens is 308 g/mol. The Morgan fingerprint density at radius 1 is 1.33 bits per heavy atom. The molecule has 2 atom stereocenters. The number of carbonyl (C=O) groups excluding carboxylic acids is 1. The largest absolute Gasteiger partial charge is 0.379 e. The number of rotatable bonds is 4. The number of amides is 2. The molecule has 3 aliphatic rings. The molecule has 3 fully saturated rings. The predicted molar refractivity (Wildman–Crippen MR) is 91.1 cm³/mol. The summed E-state index contributed by atoms with van der Waals surface area (Å²) in [6, 6.07) is -0.0139. The van der Waals surface area contributed by atoms with Crippen LogP contribution in [0.2, 0.25) is 0 Å². The van der Waals surface area contributed by atoms with Crippen molar-refractivity contribution in [1.82, 2.24) is 10.2 Å². The van der Waals surface area contributed by atoms with Crippen LogP contribution in [0, 0.1) is 0 Å². The van der Waals surface area contributed by atoms with Gasteiger partial charge >= 0.3 is 6.03 Å². The van der Waals surface area contributed by atoms with Crippen molar-refractivity contribution in [1.29, 1.82) is 0 Å². The molecule has 2 unspecified atom stereocenters. The molecule has 2 saturated heterocycles. The fraction of sp³-hybridized carbons (Fsp3) is 0.944. The van der Waals surface area contributed by atoms with Gasteiger partial charge in [0, 0.05) is 6.61 Å². The van der Waals surface area contributed by atoms with Gasteiger partial charge in [0.05, 0.1) is 49.7 Å². The first-order chi connectivity index (χ1) is 11.4. The van der Waals surface area contributed by atoms with E-state index in [9.17, 15) is 4.79 Å². The average Bonchev–Trinajstić information content (AvgIpc) is 3.15. The monoisotopic (exact) mass is 340 g/mol. The number of morpholine rings is 1. The van der Waals surface area contributed by atoms with Gasteiger partial charge in [-0.2, -0.15) is 0 Å². The zero-order valence-electron chi connectivity index (χ0n) is 15.3. The lowest BCUT2D eigenvalue weighted by Crippen LogP contribution is -2.62. The van der Waals surface area contributed by atoms with Crippen LogP contribution in [-0.4, -0.2) is 67.2 Å². The van der Waals surface area contributed by atoms with Gasteiger partial charge in [-0.3, -0.25) is 0 Å². The summed E-state index contributed by atoms with van der Waals surface area (Å²) in [6.07, 6.45) is 5.62. The molecule has 0 aromatic heterocycles. The van der Waals surface area contributed by atoms with Crippen LogP contribution >= 0.6 is 0 Å². The molecule has 0 aromatic rings. The number of urea groups is 1. The van der Waals surface area contributed by atoms with Crippen LogP contribution in [0.3, 0.4) is 0 Å². The van der Waals surface area contributed by atoms with Crippen LogP contribution in [0.15, 0.2) is 0 Å². The summed E-state index contributed by atoms with van der Waals surface area (Å²) in [7, 11) is 0. The van der Waals surface area contributed by atoms with E-state index in [1.807, 2.05) is 11.8 Å². The summed E-state index contributed by atoms with van der Waals surface area (Å²) in [4.78, 5) is 14.6. The Labute approximate surface area is 145 Å². The number of ether oxygens (including phenoxy) is 3. The highest BCUT2D eigenvalue weighted by molar-refractivity contribution is 5.74. The maximum atomic E-state index is 12.7. The van der Waals surface area contributed by atoms with Crippen LogP contribution in [0.25, 0.3) is 0 Å². The fourth-order valence-corrected chi connectivity index (χ4v) is 4.21. The number of carbonyl (C=O) groups is 1. The molecule has 1 N–H and O–H groups in total. The lowest BCUT2D eigenvalue weighted by atomic mass is 9.94. The molecule has 6 nitrogen and oxygen atoms in total. The van der Waals surface area contributed by atoms with Gasteiger partial charge in [0.15, 0.2) is 0 Å². The topological polar surface area (TPSA) is 60.0 Å². The van der Waals surface area contributed by atoms with Crippen molar-refractivity contribution in [2.24, 2.45) is 0 Å². The summed E-state index contributed by atoms with van der Waals surface area (Å²) >= 11 is 0. The molecular formula is C18H32N2O4. The summed E-state index contributed by atoms with van der Waals surface area (Å²) in [6.45, 7) is 9.45. The Kier molecular flexibility index (Phi) is 5.37. The van der Waals surface area contributed by atoms with Crippen molar-refractivity contribution < 1.29 is 19.0 Å². The third kappa shape index (κ3) is 4.41. The molecule has 1 aliphatic carbocycles. The zero-order chi connectivity index (χ0) is 17.2. The Hall–Kier alpha value is -0.850. The molecule has 0 aromatic carbocycles. The van der Waals surface area contributed by atoms with Gasteiger partial charge in [-0.1, -0.05) is 12.8 Å². The lowest BCUT2D eigenvalue weighted by Gasteiger charge is -2.48. The minimum absolute atomic E-state index is 0.00331. The van der Waals surface area contributed by atoms with Crippen molar-refractivity contribution in [3.63, 3.8) is 0 Å². The van der Waals surface area contributed by atoms with Crippen LogP contribution in [0.1, 0.15) is 52.9 Å². The summed E-state index contributed by atoms with van der Waals surface area (Å²) < 4.78 is 17.5. The van der Waals surface area contributed by atoms with Gasteiger partial charge in [-0.05, 0) is 40.0 Å². The van der Waals surface area contributed by atoms with Crippen LogP contribution in [0.4, 0.5) is 4.79 Å².